The van der Waals surface area contributed by atoms with E-state index in [0.717, 1.165) is 24.0 Å². The van der Waals surface area contributed by atoms with E-state index in [1.54, 1.807) is 6.92 Å². The first-order valence-electron chi connectivity index (χ1n) is 4.88. The van der Waals surface area contributed by atoms with E-state index in [0.29, 0.717) is 5.56 Å². The average molecular weight is 208 g/mol. The third-order valence-electron chi connectivity index (χ3n) is 2.71. The van der Waals surface area contributed by atoms with Crippen molar-refractivity contribution in [2.45, 2.75) is 32.8 Å². The van der Waals surface area contributed by atoms with Gasteiger partial charge in [0.2, 0.25) is 0 Å². The van der Waals surface area contributed by atoms with E-state index >= 15 is 0 Å². The molecule has 0 fully saturated rings. The Morgan fingerprint density at radius 2 is 2.33 bits per heavy atom. The molecule has 1 aliphatic carbocycles. The standard InChI is InChI=1S/C11H12O4/c1-6-8-3-4-10(15-7(2)12)9(8)5-14-11(6)13/h5,10H,3-4H2,1-2H3. The molecular weight excluding hydrogens is 196 g/mol. The van der Waals surface area contributed by atoms with Gasteiger partial charge in [-0.15, -0.1) is 0 Å². The Bertz CT molecular complexity index is 458. The van der Waals surface area contributed by atoms with Gasteiger partial charge in [-0.1, -0.05) is 0 Å². The molecule has 0 aliphatic heterocycles. The molecule has 15 heavy (non-hydrogen) atoms. The van der Waals surface area contributed by atoms with E-state index in [1.165, 1.54) is 13.2 Å². The van der Waals surface area contributed by atoms with Gasteiger partial charge in [0.05, 0.1) is 0 Å². The highest BCUT2D eigenvalue weighted by Crippen LogP contribution is 2.34. The maximum Gasteiger partial charge on any atom is 0.338 e. The Morgan fingerprint density at radius 3 is 3.00 bits per heavy atom. The van der Waals surface area contributed by atoms with Crippen LogP contribution in [0.25, 0.3) is 0 Å². The van der Waals surface area contributed by atoms with Gasteiger partial charge in [0.15, 0.2) is 0 Å². The summed E-state index contributed by atoms with van der Waals surface area (Å²) >= 11 is 0. The molecule has 0 radical (unpaired) electrons. The SMILES string of the molecule is CC(=O)OC1CCc2c1coc(=O)c2C. The van der Waals surface area contributed by atoms with E-state index in [4.69, 9.17) is 9.15 Å². The van der Waals surface area contributed by atoms with Gasteiger partial charge in [-0.3, -0.25) is 4.79 Å². The van der Waals surface area contributed by atoms with Crippen LogP contribution in [-0.4, -0.2) is 5.97 Å². The summed E-state index contributed by atoms with van der Waals surface area (Å²) in [6.45, 7) is 3.12. The predicted molar refractivity (Wildman–Crippen MR) is 52.5 cm³/mol. The van der Waals surface area contributed by atoms with Crippen molar-refractivity contribution in [3.8, 4) is 0 Å². The first-order chi connectivity index (χ1) is 7.09. The minimum atomic E-state index is -0.309. The fourth-order valence-corrected chi connectivity index (χ4v) is 1.97. The second kappa shape index (κ2) is 3.53. The van der Waals surface area contributed by atoms with Crippen LogP contribution >= 0.6 is 0 Å². The third kappa shape index (κ3) is 1.67. The van der Waals surface area contributed by atoms with Gasteiger partial charge in [0.1, 0.15) is 12.4 Å². The molecule has 0 saturated carbocycles. The van der Waals surface area contributed by atoms with Crippen LogP contribution in [0.15, 0.2) is 15.5 Å². The molecule has 0 spiro atoms. The summed E-state index contributed by atoms with van der Waals surface area (Å²) in [5.74, 6) is -0.309. The Kier molecular flexibility index (Phi) is 2.34. The Labute approximate surface area is 86.9 Å². The second-order valence-electron chi connectivity index (χ2n) is 3.72. The Balaban J connectivity index is 2.40. The van der Waals surface area contributed by atoms with Gasteiger partial charge in [0.25, 0.3) is 0 Å². The molecule has 4 nitrogen and oxygen atoms in total. The molecule has 1 aliphatic rings. The number of hydrogen-bond acceptors (Lipinski definition) is 4. The van der Waals surface area contributed by atoms with Gasteiger partial charge in [-0.25, -0.2) is 4.79 Å². The van der Waals surface area contributed by atoms with Gasteiger partial charge in [-0.05, 0) is 25.3 Å². The fraction of sp³-hybridized carbons (Fsp3) is 0.455. The highest BCUT2D eigenvalue weighted by atomic mass is 16.5. The average Bonchev–Trinajstić information content (AvgIpc) is 2.55. The normalized spacial score (nSPS) is 18.7. The number of carbonyl (C=O) groups is 1. The molecule has 1 heterocycles. The first kappa shape index (κ1) is 9.96. The number of ether oxygens (including phenoxy) is 1. The van der Waals surface area contributed by atoms with Crippen molar-refractivity contribution < 1.29 is 13.9 Å². The number of fused-ring (bicyclic) bond motifs is 1. The molecule has 2 rings (SSSR count). The van der Waals surface area contributed by atoms with Gasteiger partial charge in [0, 0.05) is 18.1 Å². The number of carbonyl (C=O) groups excluding carboxylic acids is 1. The van der Waals surface area contributed by atoms with Crippen molar-refractivity contribution in [2.75, 3.05) is 0 Å². The molecule has 1 atom stereocenters. The summed E-state index contributed by atoms with van der Waals surface area (Å²) in [5.41, 5.74) is 2.12. The first-order valence-corrected chi connectivity index (χ1v) is 4.88. The zero-order valence-corrected chi connectivity index (χ0v) is 8.70. The molecule has 0 N–H and O–H groups in total. The van der Waals surface area contributed by atoms with E-state index in [2.05, 4.69) is 0 Å². The van der Waals surface area contributed by atoms with Crippen LogP contribution in [0.4, 0.5) is 0 Å². The van der Waals surface area contributed by atoms with Crippen LogP contribution in [0.1, 0.15) is 36.1 Å². The predicted octanol–water partition coefficient (Wildman–Crippen LogP) is 1.50. The van der Waals surface area contributed by atoms with Crippen molar-refractivity contribution >= 4 is 5.97 Å². The monoisotopic (exact) mass is 208 g/mol. The molecule has 0 amide bonds. The lowest BCUT2D eigenvalue weighted by Crippen LogP contribution is -2.09. The molecule has 4 heteroatoms. The van der Waals surface area contributed by atoms with E-state index in [9.17, 15) is 9.59 Å². The largest absolute Gasteiger partial charge is 0.458 e. The zero-order chi connectivity index (χ0) is 11.0. The van der Waals surface area contributed by atoms with Gasteiger partial charge in [-0.2, -0.15) is 0 Å². The smallest absolute Gasteiger partial charge is 0.338 e. The minimum Gasteiger partial charge on any atom is -0.458 e. The molecule has 1 unspecified atom stereocenters. The maximum atomic E-state index is 11.2. The quantitative estimate of drug-likeness (QED) is 0.656. The van der Waals surface area contributed by atoms with Crippen molar-refractivity contribution in [1.82, 2.24) is 0 Å². The third-order valence-corrected chi connectivity index (χ3v) is 2.71. The topological polar surface area (TPSA) is 56.5 Å². The van der Waals surface area contributed by atoms with Crippen LogP contribution in [0.3, 0.4) is 0 Å². The summed E-state index contributed by atoms with van der Waals surface area (Å²) in [5, 5.41) is 0. The molecule has 0 aromatic carbocycles. The number of rotatable bonds is 1. The summed E-state index contributed by atoms with van der Waals surface area (Å²) in [7, 11) is 0. The number of esters is 1. The molecule has 1 aromatic rings. The summed E-state index contributed by atoms with van der Waals surface area (Å²) in [4.78, 5) is 22.1. The second-order valence-corrected chi connectivity index (χ2v) is 3.72. The summed E-state index contributed by atoms with van der Waals surface area (Å²) in [6, 6.07) is 0. The molecular formula is C11H12O4. The van der Waals surface area contributed by atoms with Crippen molar-refractivity contribution in [3.63, 3.8) is 0 Å². The molecule has 0 bridgehead atoms. The highest BCUT2D eigenvalue weighted by molar-refractivity contribution is 5.66. The van der Waals surface area contributed by atoms with E-state index in [-0.39, 0.29) is 17.7 Å². The lowest BCUT2D eigenvalue weighted by Gasteiger charge is -2.10. The molecule has 0 saturated heterocycles. The van der Waals surface area contributed by atoms with E-state index < -0.39 is 0 Å². The Morgan fingerprint density at radius 1 is 1.60 bits per heavy atom. The molecule has 1 aromatic heterocycles. The minimum absolute atomic E-state index is 0.249. The zero-order valence-electron chi connectivity index (χ0n) is 8.70. The Hall–Kier alpha value is -1.58. The van der Waals surface area contributed by atoms with Crippen molar-refractivity contribution in [2.24, 2.45) is 0 Å². The lowest BCUT2D eigenvalue weighted by molar-refractivity contribution is -0.146. The highest BCUT2D eigenvalue weighted by Gasteiger charge is 2.27. The van der Waals surface area contributed by atoms with Crippen LogP contribution in [0.2, 0.25) is 0 Å². The van der Waals surface area contributed by atoms with E-state index in [1.807, 2.05) is 0 Å². The van der Waals surface area contributed by atoms with Crippen LogP contribution in [0.5, 0.6) is 0 Å². The van der Waals surface area contributed by atoms with Crippen LogP contribution < -0.4 is 5.63 Å². The van der Waals surface area contributed by atoms with Crippen LogP contribution in [-0.2, 0) is 16.0 Å². The van der Waals surface area contributed by atoms with Crippen LogP contribution in [0, 0.1) is 6.92 Å². The summed E-state index contributed by atoms with van der Waals surface area (Å²) < 4.78 is 10.00. The van der Waals surface area contributed by atoms with Crippen molar-refractivity contribution in [3.05, 3.63) is 33.4 Å². The van der Waals surface area contributed by atoms with Gasteiger partial charge >= 0.3 is 11.6 Å². The van der Waals surface area contributed by atoms with Crippen molar-refractivity contribution in [1.29, 1.82) is 0 Å². The summed E-state index contributed by atoms with van der Waals surface area (Å²) in [6.07, 6.45) is 2.66. The lowest BCUT2D eigenvalue weighted by atomic mass is 10.1. The fourth-order valence-electron chi connectivity index (χ4n) is 1.97. The molecule has 80 valence electrons. The maximum absolute atomic E-state index is 11.2. The van der Waals surface area contributed by atoms with Gasteiger partial charge < -0.3 is 9.15 Å². The number of hydrogen-bond donors (Lipinski definition) is 0.